The highest BCUT2D eigenvalue weighted by molar-refractivity contribution is 7.47. The summed E-state index contributed by atoms with van der Waals surface area (Å²) in [6.07, 6.45) is 30.3. The summed E-state index contributed by atoms with van der Waals surface area (Å²) in [6, 6.07) is 0. The first kappa shape index (κ1) is 58.4. The number of aliphatic hydroxyl groups is 5. The molecule has 12 nitrogen and oxygen atoms in total. The molecule has 1 rings (SSSR count). The number of hydrogen-bond acceptors (Lipinski definition) is 11. The highest BCUT2D eigenvalue weighted by atomic mass is 31.2. The second-order valence-electron chi connectivity index (χ2n) is 18.0. The van der Waals surface area contributed by atoms with Crippen LogP contribution in [0.3, 0.4) is 0 Å². The Hall–Kier alpha value is -0.660. The van der Waals surface area contributed by atoms with E-state index in [4.69, 9.17) is 18.5 Å². The molecule has 0 radical (unpaired) electrons. The van der Waals surface area contributed by atoms with E-state index in [9.17, 15) is 39.8 Å². The van der Waals surface area contributed by atoms with E-state index in [0.29, 0.717) is 13.0 Å². The van der Waals surface area contributed by atoms with E-state index in [1.54, 1.807) is 0 Å². The van der Waals surface area contributed by atoms with Gasteiger partial charge in [-0.2, -0.15) is 0 Å². The molecular weight excluding hydrogens is 799 g/mol. The molecule has 0 spiro atoms. The molecule has 6 N–H and O–H groups in total. The number of phosphoric ester groups is 1. The minimum absolute atomic E-state index is 0.0675. The third-order valence-corrected chi connectivity index (χ3v) is 13.2. The molecule has 0 aromatic carbocycles. The lowest BCUT2D eigenvalue weighted by molar-refractivity contribution is -0.220. The number of phosphoric acid groups is 1. The molecule has 0 saturated heterocycles. The SMILES string of the molecule is CCCCCCCCCCCCCCCCCCCCCOCC(COP(=O)(O)OC1C(O)C(O)C(O)C(O)C1O)OC(=O)CCCCCCCCCCCCCCCCC. The van der Waals surface area contributed by atoms with Crippen LogP contribution < -0.4 is 0 Å². The van der Waals surface area contributed by atoms with Gasteiger partial charge in [-0.3, -0.25) is 13.8 Å². The van der Waals surface area contributed by atoms with Crippen LogP contribution in [0.4, 0.5) is 0 Å². The van der Waals surface area contributed by atoms with Crippen molar-refractivity contribution in [3.05, 3.63) is 0 Å². The standard InChI is InChI=1S/C48H95O12P/c1-3-5-7-9-11-13-15-17-19-20-21-22-24-26-28-30-32-34-36-38-57-39-41(40-58-61(55,56)60-48-46(53)44(51)43(50)45(52)47(48)54)59-42(49)37-35-33-31-29-27-25-23-18-16-14-12-10-8-6-4-2/h41,43-48,50-54H,3-40H2,1-2H3,(H,55,56). The van der Waals surface area contributed by atoms with Crippen LogP contribution in [-0.2, 0) is 27.9 Å². The smallest absolute Gasteiger partial charge is 0.457 e. The molecule has 0 amide bonds. The Morgan fingerprint density at radius 3 is 1.13 bits per heavy atom. The lowest BCUT2D eigenvalue weighted by Gasteiger charge is -2.41. The third kappa shape index (κ3) is 31.8. The van der Waals surface area contributed by atoms with Crippen LogP contribution in [-0.4, -0.2) is 98.9 Å². The predicted octanol–water partition coefficient (Wildman–Crippen LogP) is 10.9. The van der Waals surface area contributed by atoms with Gasteiger partial charge in [0, 0.05) is 13.0 Å². The maximum atomic E-state index is 12.8. The minimum Gasteiger partial charge on any atom is -0.457 e. The second kappa shape index (κ2) is 39.7. The van der Waals surface area contributed by atoms with Crippen LogP contribution in [0.25, 0.3) is 0 Å². The van der Waals surface area contributed by atoms with Gasteiger partial charge in [0.25, 0.3) is 0 Å². The summed E-state index contributed by atoms with van der Waals surface area (Å²) in [6.45, 7) is 4.31. The number of hydrogen-bond donors (Lipinski definition) is 6. The van der Waals surface area contributed by atoms with Crippen molar-refractivity contribution in [1.29, 1.82) is 0 Å². The van der Waals surface area contributed by atoms with Crippen molar-refractivity contribution >= 4 is 13.8 Å². The molecule has 1 saturated carbocycles. The quantitative estimate of drug-likeness (QED) is 0.0193. The van der Waals surface area contributed by atoms with Gasteiger partial charge in [-0.15, -0.1) is 0 Å². The molecule has 6 atom stereocenters. The fraction of sp³-hybridized carbons (Fsp3) is 0.979. The van der Waals surface area contributed by atoms with Crippen molar-refractivity contribution < 1.29 is 58.3 Å². The summed E-state index contributed by atoms with van der Waals surface area (Å²) in [5.41, 5.74) is 0. The monoisotopic (exact) mass is 895 g/mol. The van der Waals surface area contributed by atoms with Gasteiger partial charge in [-0.25, -0.2) is 4.57 Å². The topological polar surface area (TPSA) is 192 Å². The van der Waals surface area contributed by atoms with E-state index >= 15 is 0 Å². The van der Waals surface area contributed by atoms with Gasteiger partial charge in [0.15, 0.2) is 0 Å². The van der Waals surface area contributed by atoms with Crippen molar-refractivity contribution in [2.24, 2.45) is 0 Å². The average molecular weight is 895 g/mol. The molecular formula is C48H95O12P. The summed E-state index contributed by atoms with van der Waals surface area (Å²) >= 11 is 0. The lowest BCUT2D eigenvalue weighted by Crippen LogP contribution is -2.64. The zero-order valence-corrected chi connectivity index (χ0v) is 39.9. The lowest BCUT2D eigenvalue weighted by atomic mass is 9.85. The van der Waals surface area contributed by atoms with E-state index in [-0.39, 0.29) is 13.0 Å². The van der Waals surface area contributed by atoms with E-state index in [1.807, 2.05) is 0 Å². The van der Waals surface area contributed by atoms with Gasteiger partial charge in [-0.05, 0) is 12.8 Å². The van der Waals surface area contributed by atoms with Crippen LogP contribution >= 0.6 is 7.82 Å². The van der Waals surface area contributed by atoms with Gasteiger partial charge in [0.2, 0.25) is 0 Å². The van der Waals surface area contributed by atoms with Crippen molar-refractivity contribution in [2.45, 2.75) is 281 Å². The fourth-order valence-electron chi connectivity index (χ4n) is 8.18. The van der Waals surface area contributed by atoms with Crippen LogP contribution in [0, 0.1) is 0 Å². The Kier molecular flexibility index (Phi) is 38.0. The number of esters is 1. The summed E-state index contributed by atoms with van der Waals surface area (Å²) in [5.74, 6) is -0.470. The Labute approximate surface area is 372 Å². The number of carbonyl (C=O) groups excluding carboxylic acids is 1. The molecule has 1 aliphatic rings. The van der Waals surface area contributed by atoms with Gasteiger partial charge in [-0.1, -0.05) is 219 Å². The van der Waals surface area contributed by atoms with E-state index in [0.717, 1.165) is 38.5 Å². The van der Waals surface area contributed by atoms with Gasteiger partial charge < -0.3 is 39.9 Å². The van der Waals surface area contributed by atoms with Gasteiger partial charge in [0.1, 0.15) is 42.7 Å². The Morgan fingerprint density at radius 2 is 0.770 bits per heavy atom. The normalized spacial score (nSPS) is 22.0. The number of unbranched alkanes of at least 4 members (excludes halogenated alkanes) is 32. The average Bonchev–Trinajstić information content (AvgIpc) is 3.24. The molecule has 1 aliphatic carbocycles. The summed E-state index contributed by atoms with van der Waals surface area (Å²) in [5, 5.41) is 50.2. The predicted molar refractivity (Wildman–Crippen MR) is 244 cm³/mol. The van der Waals surface area contributed by atoms with Gasteiger partial charge >= 0.3 is 13.8 Å². The van der Waals surface area contributed by atoms with Crippen LogP contribution in [0.15, 0.2) is 0 Å². The molecule has 0 aliphatic heterocycles. The van der Waals surface area contributed by atoms with E-state index in [2.05, 4.69) is 13.8 Å². The molecule has 0 aromatic rings. The fourth-order valence-corrected chi connectivity index (χ4v) is 9.15. The number of rotatable bonds is 44. The molecule has 6 unspecified atom stereocenters. The molecule has 0 heterocycles. The van der Waals surface area contributed by atoms with E-state index in [1.165, 1.54) is 173 Å². The van der Waals surface area contributed by atoms with Crippen molar-refractivity contribution in [3.63, 3.8) is 0 Å². The van der Waals surface area contributed by atoms with Crippen LogP contribution in [0.2, 0.25) is 0 Å². The highest BCUT2D eigenvalue weighted by Crippen LogP contribution is 2.47. The summed E-state index contributed by atoms with van der Waals surface area (Å²) in [7, 11) is -5.01. The summed E-state index contributed by atoms with van der Waals surface area (Å²) in [4.78, 5) is 23.2. The van der Waals surface area contributed by atoms with Gasteiger partial charge in [0.05, 0.1) is 13.2 Å². The number of ether oxygens (including phenoxy) is 2. The maximum absolute atomic E-state index is 12.8. The van der Waals surface area contributed by atoms with Crippen LogP contribution in [0.1, 0.15) is 239 Å². The first-order chi connectivity index (χ1) is 29.5. The van der Waals surface area contributed by atoms with E-state index < -0.39 is 63.1 Å². The molecule has 364 valence electrons. The van der Waals surface area contributed by atoms with Crippen molar-refractivity contribution in [2.75, 3.05) is 19.8 Å². The van der Waals surface area contributed by atoms with Crippen molar-refractivity contribution in [1.82, 2.24) is 0 Å². The Bertz CT molecular complexity index is 1020. The minimum atomic E-state index is -5.01. The van der Waals surface area contributed by atoms with Crippen LogP contribution in [0.5, 0.6) is 0 Å². The molecule has 0 aromatic heterocycles. The third-order valence-electron chi connectivity index (χ3n) is 12.2. The zero-order valence-electron chi connectivity index (χ0n) is 39.0. The Morgan fingerprint density at radius 1 is 0.459 bits per heavy atom. The first-order valence-corrected chi connectivity index (χ1v) is 26.9. The molecule has 13 heteroatoms. The Balaban J connectivity index is 2.32. The largest absolute Gasteiger partial charge is 0.472 e. The van der Waals surface area contributed by atoms with Crippen molar-refractivity contribution in [3.8, 4) is 0 Å². The molecule has 0 bridgehead atoms. The number of aliphatic hydroxyl groups excluding tert-OH is 5. The summed E-state index contributed by atoms with van der Waals surface area (Å²) < 4.78 is 34.3. The highest BCUT2D eigenvalue weighted by Gasteiger charge is 2.51. The zero-order chi connectivity index (χ0) is 44.8. The second-order valence-corrected chi connectivity index (χ2v) is 19.4. The number of carbonyl (C=O) groups is 1. The maximum Gasteiger partial charge on any atom is 0.472 e. The molecule has 1 fully saturated rings. The first-order valence-electron chi connectivity index (χ1n) is 25.4. The molecule has 61 heavy (non-hydrogen) atoms.